The Bertz CT molecular complexity index is 2470. The van der Waals surface area contributed by atoms with Gasteiger partial charge < -0.3 is 5.73 Å². The predicted octanol–water partition coefficient (Wildman–Crippen LogP) is 12.6. The van der Waals surface area contributed by atoms with Crippen LogP contribution in [-0.2, 0) is 0 Å². The fourth-order valence-corrected chi connectivity index (χ4v) is 7.07. The van der Waals surface area contributed by atoms with Gasteiger partial charge in [0.05, 0.1) is 0 Å². The van der Waals surface area contributed by atoms with Gasteiger partial charge >= 0.3 is 0 Å². The topological polar surface area (TPSA) is 49.9 Å². The Hall–Kier alpha value is -6.77. The Labute approximate surface area is 299 Å². The number of nitrogens with two attached hydrogens (primary N) is 1. The monoisotopic (exact) mass is 652 g/mol. The molecule has 0 aliphatic heterocycles. The van der Waals surface area contributed by atoms with Gasteiger partial charge in [-0.25, -0.2) is 0 Å². The second kappa shape index (κ2) is 14.0. The molecular weight excluding hydrogens is 617 g/mol. The van der Waals surface area contributed by atoms with Crippen molar-refractivity contribution in [1.82, 2.24) is 0 Å². The SMILES string of the molecule is N=C(N)c1cccc(-c2cccc(-c3cccc(-c4cc(-c5ccccc5)c(-c5ccccc5)c(-c5ccccc5)c4-c4ccccc4)c3)c2)c1. The van der Waals surface area contributed by atoms with Crippen molar-refractivity contribution in [3.05, 3.63) is 206 Å². The highest BCUT2D eigenvalue weighted by atomic mass is 14.7. The van der Waals surface area contributed by atoms with Crippen LogP contribution in [0.2, 0.25) is 0 Å². The third-order valence-corrected chi connectivity index (χ3v) is 9.48. The van der Waals surface area contributed by atoms with Crippen molar-refractivity contribution in [1.29, 1.82) is 5.41 Å². The van der Waals surface area contributed by atoms with E-state index >= 15 is 0 Å². The van der Waals surface area contributed by atoms with Gasteiger partial charge in [0.15, 0.2) is 0 Å². The average molecular weight is 653 g/mol. The summed E-state index contributed by atoms with van der Waals surface area (Å²) in [5.41, 5.74) is 22.7. The summed E-state index contributed by atoms with van der Waals surface area (Å²) in [5, 5.41) is 7.94. The van der Waals surface area contributed by atoms with E-state index in [1.165, 1.54) is 50.1 Å². The van der Waals surface area contributed by atoms with Gasteiger partial charge in [0.25, 0.3) is 0 Å². The highest BCUT2D eigenvalue weighted by Crippen LogP contribution is 2.50. The lowest BCUT2D eigenvalue weighted by Crippen LogP contribution is -2.10. The molecule has 0 aliphatic carbocycles. The molecule has 0 heterocycles. The van der Waals surface area contributed by atoms with Gasteiger partial charge in [0, 0.05) is 5.56 Å². The number of benzene rings is 8. The Morgan fingerprint density at radius 2 is 0.627 bits per heavy atom. The molecule has 0 saturated heterocycles. The number of rotatable bonds is 8. The zero-order valence-electron chi connectivity index (χ0n) is 28.1. The summed E-state index contributed by atoms with van der Waals surface area (Å²) in [7, 11) is 0. The van der Waals surface area contributed by atoms with Gasteiger partial charge in [-0.3, -0.25) is 5.41 Å². The lowest BCUT2D eigenvalue weighted by molar-refractivity contribution is 1.42. The van der Waals surface area contributed by atoms with E-state index in [4.69, 9.17) is 11.1 Å². The van der Waals surface area contributed by atoms with Gasteiger partial charge in [0.1, 0.15) is 5.84 Å². The van der Waals surface area contributed by atoms with E-state index < -0.39 is 0 Å². The molecular formula is C49H36N2. The number of nitrogens with one attached hydrogen (secondary N) is 1. The molecule has 3 N–H and O–H groups in total. The molecule has 0 aliphatic rings. The summed E-state index contributed by atoms with van der Waals surface area (Å²) in [4.78, 5) is 0. The van der Waals surface area contributed by atoms with E-state index in [0.29, 0.717) is 0 Å². The minimum atomic E-state index is 0.0675. The summed E-state index contributed by atoms with van der Waals surface area (Å²) in [6, 6.07) is 70.9. The number of amidine groups is 1. The van der Waals surface area contributed by atoms with Crippen molar-refractivity contribution >= 4 is 5.84 Å². The highest BCUT2D eigenvalue weighted by Gasteiger charge is 2.23. The first-order valence-electron chi connectivity index (χ1n) is 17.2. The Kier molecular flexibility index (Phi) is 8.64. The highest BCUT2D eigenvalue weighted by molar-refractivity contribution is 6.07. The maximum Gasteiger partial charge on any atom is 0.122 e. The number of hydrogen-bond donors (Lipinski definition) is 2. The first-order chi connectivity index (χ1) is 25.1. The van der Waals surface area contributed by atoms with Crippen LogP contribution in [0.25, 0.3) is 77.9 Å². The molecule has 0 unspecified atom stereocenters. The molecule has 8 aromatic rings. The van der Waals surface area contributed by atoms with E-state index in [-0.39, 0.29) is 5.84 Å². The van der Waals surface area contributed by atoms with Crippen LogP contribution in [0.4, 0.5) is 0 Å². The van der Waals surface area contributed by atoms with Crippen LogP contribution in [0.5, 0.6) is 0 Å². The second-order valence-electron chi connectivity index (χ2n) is 12.7. The van der Waals surface area contributed by atoms with E-state index in [0.717, 1.165) is 33.4 Å². The Balaban J connectivity index is 1.40. The first kappa shape index (κ1) is 31.5. The van der Waals surface area contributed by atoms with Gasteiger partial charge in [-0.1, -0.05) is 176 Å². The largest absolute Gasteiger partial charge is 0.384 e. The molecule has 2 nitrogen and oxygen atoms in total. The molecule has 8 aromatic carbocycles. The summed E-state index contributed by atoms with van der Waals surface area (Å²) in [6.45, 7) is 0. The van der Waals surface area contributed by atoms with Crippen molar-refractivity contribution in [2.75, 3.05) is 0 Å². The maximum absolute atomic E-state index is 7.94. The normalized spacial score (nSPS) is 10.9. The van der Waals surface area contributed by atoms with E-state index in [1.54, 1.807) is 0 Å². The van der Waals surface area contributed by atoms with Crippen LogP contribution in [0.1, 0.15) is 5.56 Å². The molecule has 0 atom stereocenters. The second-order valence-corrected chi connectivity index (χ2v) is 12.7. The molecule has 51 heavy (non-hydrogen) atoms. The van der Waals surface area contributed by atoms with E-state index in [2.05, 4.69) is 182 Å². The molecule has 0 radical (unpaired) electrons. The quantitative estimate of drug-likeness (QED) is 0.125. The Morgan fingerprint density at radius 1 is 0.294 bits per heavy atom. The van der Waals surface area contributed by atoms with Crippen molar-refractivity contribution in [2.24, 2.45) is 5.73 Å². The number of nitrogen functional groups attached to an aromatic ring is 1. The lowest BCUT2D eigenvalue weighted by Gasteiger charge is -2.24. The average Bonchev–Trinajstić information content (AvgIpc) is 3.21. The third kappa shape index (κ3) is 6.39. The predicted molar refractivity (Wildman–Crippen MR) is 216 cm³/mol. The van der Waals surface area contributed by atoms with Crippen LogP contribution in [0, 0.1) is 5.41 Å². The standard InChI is InChI=1S/C49H36N2/c50-49(51)43-29-15-27-41(32-43)39-25-13-24-38(30-39)40-26-14-28-42(31-40)45-33-44(34-16-5-1-6-17-34)46(35-18-7-2-8-19-35)48(37-22-11-4-12-23-37)47(45)36-20-9-3-10-21-36/h1-33H,(H3,50,51). The van der Waals surface area contributed by atoms with E-state index in [9.17, 15) is 0 Å². The van der Waals surface area contributed by atoms with E-state index in [1.807, 2.05) is 18.2 Å². The number of hydrogen-bond acceptors (Lipinski definition) is 1. The first-order valence-corrected chi connectivity index (χ1v) is 17.2. The summed E-state index contributed by atoms with van der Waals surface area (Å²) in [5.74, 6) is 0.0675. The van der Waals surface area contributed by atoms with Crippen molar-refractivity contribution < 1.29 is 0 Å². The Morgan fingerprint density at radius 3 is 1.10 bits per heavy atom. The maximum atomic E-state index is 7.94. The minimum absolute atomic E-state index is 0.0675. The summed E-state index contributed by atoms with van der Waals surface area (Å²) >= 11 is 0. The minimum Gasteiger partial charge on any atom is -0.384 e. The summed E-state index contributed by atoms with van der Waals surface area (Å²) < 4.78 is 0. The molecule has 0 spiro atoms. The molecule has 2 heteroatoms. The molecule has 242 valence electrons. The van der Waals surface area contributed by atoms with Gasteiger partial charge in [-0.15, -0.1) is 0 Å². The fourth-order valence-electron chi connectivity index (χ4n) is 7.07. The molecule has 8 rings (SSSR count). The molecule has 0 amide bonds. The van der Waals surface area contributed by atoms with Crippen molar-refractivity contribution in [3.8, 4) is 77.9 Å². The van der Waals surface area contributed by atoms with Gasteiger partial charge in [-0.05, 0) is 102 Å². The van der Waals surface area contributed by atoms with Gasteiger partial charge in [-0.2, -0.15) is 0 Å². The van der Waals surface area contributed by atoms with Crippen LogP contribution < -0.4 is 5.73 Å². The van der Waals surface area contributed by atoms with Gasteiger partial charge in [0.2, 0.25) is 0 Å². The zero-order chi connectivity index (χ0) is 34.6. The third-order valence-electron chi connectivity index (χ3n) is 9.48. The smallest absolute Gasteiger partial charge is 0.122 e. The zero-order valence-corrected chi connectivity index (χ0v) is 28.1. The molecule has 0 aromatic heterocycles. The molecule has 0 fully saturated rings. The van der Waals surface area contributed by atoms with Crippen molar-refractivity contribution in [3.63, 3.8) is 0 Å². The van der Waals surface area contributed by atoms with Crippen molar-refractivity contribution in [2.45, 2.75) is 0 Å². The molecule has 0 bridgehead atoms. The fraction of sp³-hybridized carbons (Fsp3) is 0. The summed E-state index contributed by atoms with van der Waals surface area (Å²) in [6.07, 6.45) is 0. The van der Waals surface area contributed by atoms with Crippen LogP contribution in [0.3, 0.4) is 0 Å². The van der Waals surface area contributed by atoms with Crippen LogP contribution >= 0.6 is 0 Å². The lowest BCUT2D eigenvalue weighted by atomic mass is 9.78. The van der Waals surface area contributed by atoms with Crippen LogP contribution in [-0.4, -0.2) is 5.84 Å². The molecule has 0 saturated carbocycles. The van der Waals surface area contributed by atoms with Crippen LogP contribution in [0.15, 0.2) is 200 Å².